The molecule has 32 heavy (non-hydrogen) atoms. The van der Waals surface area contributed by atoms with E-state index in [-0.39, 0.29) is 23.1 Å². The maximum atomic E-state index is 13.1. The Balaban J connectivity index is 2.01. The van der Waals surface area contributed by atoms with E-state index in [9.17, 15) is 31.1 Å². The van der Waals surface area contributed by atoms with Crippen molar-refractivity contribution in [2.24, 2.45) is 0 Å². The summed E-state index contributed by atoms with van der Waals surface area (Å²) in [5, 5.41) is 0. The monoisotopic (exact) mass is 455 g/mol. The minimum absolute atomic E-state index is 0.0917. The number of rotatable bonds is 5. The maximum Gasteiger partial charge on any atom is 0.416 e. The Kier molecular flexibility index (Phi) is 6.34. The third-order valence-corrected chi connectivity index (χ3v) is 4.97. The van der Waals surface area contributed by atoms with Gasteiger partial charge in [0.05, 0.1) is 23.7 Å². The molecule has 1 heterocycles. The molecule has 0 saturated carbocycles. The number of carbonyl (C=O) groups is 1. The molecule has 0 spiro atoms. The lowest BCUT2D eigenvalue weighted by molar-refractivity contribution is -0.143. The van der Waals surface area contributed by atoms with Gasteiger partial charge in [-0.15, -0.1) is 0 Å². The third-order valence-electron chi connectivity index (χ3n) is 4.97. The normalized spacial score (nSPS) is 12.1. The van der Waals surface area contributed by atoms with Gasteiger partial charge in [-0.1, -0.05) is 12.1 Å². The number of nitrogens with zero attached hydrogens (tertiary/aromatic N) is 3. The highest BCUT2D eigenvalue weighted by Gasteiger charge is 2.37. The van der Waals surface area contributed by atoms with Crippen molar-refractivity contribution < 1.29 is 31.1 Å². The van der Waals surface area contributed by atoms with Gasteiger partial charge in [-0.2, -0.15) is 26.3 Å². The van der Waals surface area contributed by atoms with Crippen LogP contribution in [0.25, 0.3) is 16.8 Å². The average molecular weight is 455 g/mol. The van der Waals surface area contributed by atoms with Crippen molar-refractivity contribution in [1.82, 2.24) is 14.5 Å². The lowest BCUT2D eigenvalue weighted by Gasteiger charge is -2.19. The van der Waals surface area contributed by atoms with Gasteiger partial charge in [0.15, 0.2) is 0 Å². The van der Waals surface area contributed by atoms with Gasteiger partial charge < -0.3 is 4.90 Å². The Morgan fingerprint density at radius 3 is 1.88 bits per heavy atom. The summed E-state index contributed by atoms with van der Waals surface area (Å²) in [6.07, 6.45) is -7.03. The molecule has 0 aliphatic carbocycles. The lowest BCUT2D eigenvalue weighted by Crippen LogP contribution is -2.31. The second kappa shape index (κ2) is 8.68. The van der Waals surface area contributed by atoms with E-state index in [4.69, 9.17) is 0 Å². The summed E-state index contributed by atoms with van der Waals surface area (Å²) >= 11 is 0. The Hall–Kier alpha value is -3.30. The zero-order chi connectivity index (χ0) is 23.7. The van der Waals surface area contributed by atoms with E-state index in [2.05, 4.69) is 4.98 Å². The van der Waals surface area contributed by atoms with E-state index in [0.717, 1.165) is 0 Å². The summed E-state index contributed by atoms with van der Waals surface area (Å²) in [5.74, 6) is -0.246. The second-order valence-corrected chi connectivity index (χ2v) is 6.97. The molecule has 1 amide bonds. The number of aromatic nitrogens is 2. The summed E-state index contributed by atoms with van der Waals surface area (Å²) in [6, 6.07) is 7.25. The molecule has 10 heteroatoms. The Bertz CT molecular complexity index is 1060. The van der Waals surface area contributed by atoms with Gasteiger partial charge >= 0.3 is 12.4 Å². The van der Waals surface area contributed by atoms with E-state index in [1.54, 1.807) is 4.90 Å². The molecule has 0 saturated heterocycles. The first-order valence-electron chi connectivity index (χ1n) is 9.67. The number of alkyl halides is 6. The fourth-order valence-electron chi connectivity index (χ4n) is 3.27. The quantitative estimate of drug-likeness (QED) is 0.439. The smallest absolute Gasteiger partial charge is 0.338 e. The van der Waals surface area contributed by atoms with Crippen molar-refractivity contribution in [3.8, 4) is 16.8 Å². The summed E-state index contributed by atoms with van der Waals surface area (Å²) in [7, 11) is 0. The van der Waals surface area contributed by atoms with Crippen LogP contribution in [0, 0.1) is 0 Å². The minimum atomic E-state index is -4.92. The number of hydrogen-bond donors (Lipinski definition) is 0. The van der Waals surface area contributed by atoms with Gasteiger partial charge in [-0.25, -0.2) is 4.98 Å². The Morgan fingerprint density at radius 1 is 0.875 bits per heavy atom. The zero-order valence-corrected chi connectivity index (χ0v) is 17.1. The van der Waals surface area contributed by atoms with E-state index < -0.39 is 23.5 Å². The van der Waals surface area contributed by atoms with Gasteiger partial charge in [0.2, 0.25) is 0 Å². The van der Waals surface area contributed by atoms with Crippen molar-refractivity contribution >= 4 is 5.91 Å². The molecule has 0 aliphatic rings. The summed E-state index contributed by atoms with van der Waals surface area (Å²) in [6.45, 7) is 4.66. The van der Waals surface area contributed by atoms with Gasteiger partial charge in [0, 0.05) is 18.8 Å². The van der Waals surface area contributed by atoms with E-state index in [0.29, 0.717) is 36.6 Å². The van der Waals surface area contributed by atoms with Crippen LogP contribution in [0.1, 0.15) is 35.5 Å². The molecule has 0 aliphatic heterocycles. The second-order valence-electron chi connectivity index (χ2n) is 6.97. The van der Waals surface area contributed by atoms with Crippen molar-refractivity contribution in [2.75, 3.05) is 13.1 Å². The van der Waals surface area contributed by atoms with Crippen LogP contribution in [0.5, 0.6) is 0 Å². The first-order chi connectivity index (χ1) is 15.0. The Morgan fingerprint density at radius 2 is 1.41 bits per heavy atom. The van der Waals surface area contributed by atoms with Crippen molar-refractivity contribution in [3.63, 3.8) is 0 Å². The number of halogens is 6. The standard InChI is InChI=1S/C22H19F6N3O/c1-3-30(4-2)20(32)19-12-29-13-31(19)18-7-5-14(6-8-18)15-9-16(21(23,24)25)11-17(10-15)22(26,27)28/h5-13H,3-4H2,1-2H3. The predicted octanol–water partition coefficient (Wildman–Crippen LogP) is 6.06. The summed E-state index contributed by atoms with van der Waals surface area (Å²) in [5.41, 5.74) is -2.03. The van der Waals surface area contributed by atoms with Gasteiger partial charge in [-0.05, 0) is 55.3 Å². The molecule has 4 nitrogen and oxygen atoms in total. The van der Waals surface area contributed by atoms with Crippen molar-refractivity contribution in [3.05, 3.63) is 71.8 Å². The van der Waals surface area contributed by atoms with Crippen molar-refractivity contribution in [1.29, 1.82) is 0 Å². The van der Waals surface area contributed by atoms with Crippen molar-refractivity contribution in [2.45, 2.75) is 26.2 Å². The molecule has 170 valence electrons. The Labute approximate surface area is 180 Å². The molecule has 0 N–H and O–H groups in total. The van der Waals surface area contributed by atoms with E-state index in [1.165, 1.54) is 41.4 Å². The fraction of sp³-hybridized carbons (Fsp3) is 0.273. The molecule has 0 atom stereocenters. The molecular formula is C22H19F6N3O. The maximum absolute atomic E-state index is 13.1. The first-order valence-corrected chi connectivity index (χ1v) is 9.67. The number of carbonyl (C=O) groups excluding carboxylic acids is 1. The number of hydrogen-bond acceptors (Lipinski definition) is 2. The highest BCUT2D eigenvalue weighted by atomic mass is 19.4. The SMILES string of the molecule is CCN(CC)C(=O)c1cncn1-c1ccc(-c2cc(C(F)(F)F)cc(C(F)(F)F)c2)cc1. The number of amides is 1. The molecule has 0 unspecified atom stereocenters. The van der Waals surface area contributed by atoms with Gasteiger partial charge in [0.25, 0.3) is 5.91 Å². The summed E-state index contributed by atoms with van der Waals surface area (Å²) < 4.78 is 80.3. The van der Waals surface area contributed by atoms with Crippen LogP contribution in [0.15, 0.2) is 55.0 Å². The highest BCUT2D eigenvalue weighted by Crippen LogP contribution is 2.38. The number of imidazole rings is 1. The minimum Gasteiger partial charge on any atom is -0.338 e. The van der Waals surface area contributed by atoms with Crippen LogP contribution in [-0.2, 0) is 12.4 Å². The molecule has 3 rings (SSSR count). The number of benzene rings is 2. The van der Waals surface area contributed by atoms with Crippen LogP contribution in [0.4, 0.5) is 26.3 Å². The van der Waals surface area contributed by atoms with Gasteiger partial charge in [0.1, 0.15) is 5.69 Å². The predicted molar refractivity (Wildman–Crippen MR) is 106 cm³/mol. The van der Waals surface area contributed by atoms with Crippen LogP contribution in [-0.4, -0.2) is 33.4 Å². The van der Waals surface area contributed by atoms with Crippen LogP contribution in [0.2, 0.25) is 0 Å². The largest absolute Gasteiger partial charge is 0.416 e. The zero-order valence-electron chi connectivity index (χ0n) is 17.1. The molecule has 3 aromatic rings. The van der Waals surface area contributed by atoms with E-state index in [1.807, 2.05) is 13.8 Å². The molecule has 0 radical (unpaired) electrons. The van der Waals surface area contributed by atoms with Crippen LogP contribution >= 0.6 is 0 Å². The first kappa shape index (κ1) is 23.4. The topological polar surface area (TPSA) is 38.1 Å². The lowest BCUT2D eigenvalue weighted by atomic mass is 9.99. The fourth-order valence-corrected chi connectivity index (χ4v) is 3.27. The highest BCUT2D eigenvalue weighted by molar-refractivity contribution is 5.93. The molecular weight excluding hydrogens is 436 g/mol. The third kappa shape index (κ3) is 4.79. The van der Waals surface area contributed by atoms with Gasteiger partial charge in [-0.3, -0.25) is 9.36 Å². The molecule has 1 aromatic heterocycles. The molecule has 0 fully saturated rings. The molecule has 0 bridgehead atoms. The average Bonchev–Trinajstić information content (AvgIpc) is 3.23. The van der Waals surface area contributed by atoms with Crippen LogP contribution < -0.4 is 0 Å². The summed E-state index contributed by atoms with van der Waals surface area (Å²) in [4.78, 5) is 18.3. The van der Waals surface area contributed by atoms with Crippen LogP contribution in [0.3, 0.4) is 0 Å². The van der Waals surface area contributed by atoms with E-state index >= 15 is 0 Å². The molecule has 2 aromatic carbocycles.